The minimum atomic E-state index is -2.95. The minimum absolute atomic E-state index is 0.130. The van der Waals surface area contributed by atoms with Crippen LogP contribution in [0.4, 0.5) is 4.79 Å². The molecule has 0 bridgehead atoms. The van der Waals surface area contributed by atoms with Gasteiger partial charge >= 0.3 is 126 Å². The molecule has 0 heterocycles. The molecule has 0 aliphatic rings. The Hall–Kier alpha value is 0.0700. The first-order valence-electron chi connectivity index (χ1n) is 5.88. The van der Waals surface area contributed by atoms with Crippen LogP contribution >= 0.6 is 0 Å². The zero-order valence-corrected chi connectivity index (χ0v) is 14.9. The van der Waals surface area contributed by atoms with Crippen molar-refractivity contribution in [3.8, 4) is 0 Å². The Balaban J connectivity index is 4.39. The van der Waals surface area contributed by atoms with Crippen LogP contribution in [0.1, 0.15) is 34.1 Å². The van der Waals surface area contributed by atoms with E-state index in [0.29, 0.717) is 0 Å². The van der Waals surface area contributed by atoms with Crippen molar-refractivity contribution >= 4 is 16.3 Å². The van der Waals surface area contributed by atoms with E-state index in [2.05, 4.69) is 5.32 Å². The number of alkyl carbamates (subject to hydrolysis) is 1. The van der Waals surface area contributed by atoms with Crippen molar-refractivity contribution in [2.75, 3.05) is 12.9 Å². The second kappa shape index (κ2) is 7.75. The number of hydrogen-bond acceptors (Lipinski definition) is 4. The summed E-state index contributed by atoms with van der Waals surface area (Å²) in [5.74, 6) is 0. The van der Waals surface area contributed by atoms with Gasteiger partial charge in [0, 0.05) is 0 Å². The molecule has 0 saturated carbocycles. The molecule has 0 spiro atoms. The normalized spacial score (nSPS) is 18.5. The summed E-state index contributed by atoms with van der Waals surface area (Å²) in [6, 6.07) is 0. The van der Waals surface area contributed by atoms with Crippen LogP contribution in [0.2, 0.25) is 0 Å². The monoisotopic (exact) mass is 409 g/mol. The molecule has 0 radical (unpaired) electrons. The molecule has 8 heteroatoms. The summed E-state index contributed by atoms with van der Waals surface area (Å²) in [5, 5.41) is 11.6. The number of carbonyl (C=O) groups is 1. The number of amides is 1. The van der Waals surface area contributed by atoms with Gasteiger partial charge in [-0.1, -0.05) is 0 Å². The molecule has 6 nitrogen and oxygen atoms in total. The molecule has 0 aromatic carbocycles. The molecule has 19 heavy (non-hydrogen) atoms. The number of carbonyl (C=O) groups excluding carboxylic acids is 1. The summed E-state index contributed by atoms with van der Waals surface area (Å²) in [6.45, 7) is 6.97. The van der Waals surface area contributed by atoms with Gasteiger partial charge in [0.15, 0.2) is 0 Å². The number of halogens is 1. The first-order chi connectivity index (χ1) is 8.45. The van der Waals surface area contributed by atoms with E-state index in [9.17, 15) is 13.6 Å². The van der Waals surface area contributed by atoms with Crippen molar-refractivity contribution in [3.05, 3.63) is 0 Å². The van der Waals surface area contributed by atoms with Crippen LogP contribution in [-0.2, 0) is 19.2 Å². The fourth-order valence-electron chi connectivity index (χ4n) is 1.19. The van der Waals surface area contributed by atoms with Gasteiger partial charge in [0.25, 0.3) is 0 Å². The standard InChI is InChI=1S/C11H24INO5S/c1-8(13-10(15)18-11(2,3)4)12-9(6-7-14)19(5,16)17/h8-9,14H,6-7H2,1-5H3,(H,13,15)(H,16,17)/t8-,9?/m0/s1. The molecule has 2 unspecified atom stereocenters. The van der Waals surface area contributed by atoms with Crippen LogP contribution in [0.15, 0.2) is 0 Å². The van der Waals surface area contributed by atoms with E-state index in [1.165, 1.54) is 6.26 Å². The third-order valence-electron chi connectivity index (χ3n) is 1.88. The Morgan fingerprint density at radius 2 is 2.00 bits per heavy atom. The van der Waals surface area contributed by atoms with Gasteiger partial charge in [-0.2, -0.15) is 0 Å². The Morgan fingerprint density at radius 3 is 2.37 bits per heavy atom. The van der Waals surface area contributed by atoms with E-state index in [0.717, 1.165) is 0 Å². The molecule has 0 rings (SSSR count). The van der Waals surface area contributed by atoms with Crippen LogP contribution in [0.5, 0.6) is 0 Å². The van der Waals surface area contributed by atoms with Gasteiger partial charge in [-0.05, 0) is 0 Å². The second-order valence-corrected chi connectivity index (χ2v) is 12.4. The van der Waals surface area contributed by atoms with Crippen molar-refractivity contribution in [1.82, 2.24) is 5.32 Å². The molecular formula is C11H24INO5S. The second-order valence-electron chi connectivity index (χ2n) is 5.17. The number of aliphatic hydroxyl groups excluding tert-OH is 1. The average molecular weight is 409 g/mol. The molecule has 0 aliphatic heterocycles. The van der Waals surface area contributed by atoms with E-state index in [-0.39, 0.29) is 17.1 Å². The average Bonchev–Trinajstić information content (AvgIpc) is 2.11. The fraction of sp³-hybridized carbons (Fsp3) is 0.909. The van der Waals surface area contributed by atoms with Gasteiger partial charge in [0.2, 0.25) is 0 Å². The summed E-state index contributed by atoms with van der Waals surface area (Å²) in [7, 11) is -2.95. The summed E-state index contributed by atoms with van der Waals surface area (Å²) >= 11 is -0.774. The third kappa shape index (κ3) is 9.58. The van der Waals surface area contributed by atoms with Gasteiger partial charge < -0.3 is 0 Å². The quantitative estimate of drug-likeness (QED) is 0.210. The number of alkyl halides is 2. The summed E-state index contributed by atoms with van der Waals surface area (Å²) in [6.07, 6.45) is 1.02. The predicted octanol–water partition coefficient (Wildman–Crippen LogP) is -1.74. The number of aliphatic hydroxyl groups is 1. The summed E-state index contributed by atoms with van der Waals surface area (Å²) < 4.78 is 25.7. The molecule has 116 valence electrons. The molecule has 0 saturated heterocycles. The Labute approximate surface area is 126 Å². The first kappa shape index (κ1) is 19.1. The van der Waals surface area contributed by atoms with Gasteiger partial charge in [-0.15, -0.1) is 0 Å². The summed E-state index contributed by atoms with van der Waals surface area (Å²) in [5.41, 5.74) is -0.568. The number of nitrogens with one attached hydrogen (secondary N) is 1. The molecule has 3 N–H and O–H groups in total. The Bertz CT molecular complexity index is 338. The van der Waals surface area contributed by atoms with Crippen LogP contribution in [0.25, 0.3) is 0 Å². The number of rotatable bonds is 6. The van der Waals surface area contributed by atoms with Crippen molar-refractivity contribution in [2.24, 2.45) is 0 Å². The topological polar surface area (TPSA) is 95.9 Å². The SMILES string of the molecule is C[C@H](NC(=O)OC(C)(C)C)[I-]C(CCO)[S+](C)(=O)O. The van der Waals surface area contributed by atoms with Crippen LogP contribution in [-0.4, -0.2) is 41.5 Å². The zero-order valence-electron chi connectivity index (χ0n) is 12.0. The molecule has 0 aromatic rings. The van der Waals surface area contributed by atoms with E-state index < -0.39 is 46.4 Å². The van der Waals surface area contributed by atoms with Crippen LogP contribution < -0.4 is 26.5 Å². The van der Waals surface area contributed by atoms with E-state index in [4.69, 9.17) is 9.84 Å². The van der Waals surface area contributed by atoms with Gasteiger partial charge in [-0.3, -0.25) is 0 Å². The van der Waals surface area contributed by atoms with Crippen molar-refractivity contribution < 1.29 is 44.6 Å². The van der Waals surface area contributed by atoms with Gasteiger partial charge in [0.1, 0.15) is 0 Å². The van der Waals surface area contributed by atoms with Crippen LogP contribution in [0.3, 0.4) is 0 Å². The Morgan fingerprint density at radius 1 is 1.47 bits per heavy atom. The molecular weight excluding hydrogens is 385 g/mol. The maximum atomic E-state index is 11.7. The van der Waals surface area contributed by atoms with Crippen LogP contribution in [0, 0.1) is 0 Å². The van der Waals surface area contributed by atoms with E-state index in [1.54, 1.807) is 27.7 Å². The van der Waals surface area contributed by atoms with Gasteiger partial charge in [-0.25, -0.2) is 0 Å². The van der Waals surface area contributed by atoms with E-state index >= 15 is 0 Å². The van der Waals surface area contributed by atoms with Crippen molar-refractivity contribution in [2.45, 2.75) is 47.0 Å². The fourth-order valence-corrected chi connectivity index (χ4v) is 6.87. The number of ether oxygens (including phenoxy) is 1. The molecule has 0 fully saturated rings. The van der Waals surface area contributed by atoms with E-state index in [1.807, 2.05) is 0 Å². The van der Waals surface area contributed by atoms with Gasteiger partial charge in [0.05, 0.1) is 0 Å². The maximum absolute atomic E-state index is 11.7. The summed E-state index contributed by atoms with van der Waals surface area (Å²) in [4.78, 5) is 11.6. The van der Waals surface area contributed by atoms with Crippen molar-refractivity contribution in [3.63, 3.8) is 0 Å². The Kier molecular flexibility index (Phi) is 7.78. The molecule has 0 aromatic heterocycles. The van der Waals surface area contributed by atoms with Crippen molar-refractivity contribution in [1.29, 1.82) is 0 Å². The predicted molar refractivity (Wildman–Crippen MR) is 70.9 cm³/mol. The number of hydrogen-bond donors (Lipinski definition) is 3. The third-order valence-corrected chi connectivity index (χ3v) is 9.40. The first-order valence-corrected chi connectivity index (χ1v) is 10.4. The molecule has 0 aliphatic carbocycles. The zero-order chi connectivity index (χ0) is 15.3. The molecule has 3 atom stereocenters. The molecule has 1 amide bonds.